The molecule has 3 heterocycles. The highest BCUT2D eigenvalue weighted by Crippen LogP contribution is 2.20. The van der Waals surface area contributed by atoms with Gasteiger partial charge in [-0.3, -0.25) is 9.69 Å². The van der Waals surface area contributed by atoms with Crippen molar-refractivity contribution in [2.24, 2.45) is 0 Å². The number of carbonyl (C=O) groups excluding carboxylic acids is 1. The van der Waals surface area contributed by atoms with Gasteiger partial charge >= 0.3 is 0 Å². The fourth-order valence-corrected chi connectivity index (χ4v) is 4.25. The second-order valence-corrected chi connectivity index (χ2v) is 13.9. The molecule has 0 aromatic carbocycles. The number of likely N-dealkylation sites (N-methyl/N-ethyl adjacent to an activating group) is 1. The number of rotatable bonds is 6. The Morgan fingerprint density at radius 3 is 2.63 bits per heavy atom. The zero-order chi connectivity index (χ0) is 19.4. The molecule has 0 spiro atoms. The Morgan fingerprint density at radius 2 is 1.96 bits per heavy atom. The van der Waals surface area contributed by atoms with Crippen molar-refractivity contribution in [1.29, 1.82) is 0 Å². The van der Waals surface area contributed by atoms with Gasteiger partial charge < -0.3 is 14.6 Å². The monoisotopic (exact) mass is 405 g/mol. The molecule has 0 unspecified atom stereocenters. The van der Waals surface area contributed by atoms with Crippen molar-refractivity contribution in [3.63, 3.8) is 0 Å². The van der Waals surface area contributed by atoms with Crippen LogP contribution >= 0.6 is 11.3 Å². The molecule has 2 aromatic heterocycles. The molecule has 0 bridgehead atoms. The largest absolute Gasteiger partial charge is 0.447 e. The molecule has 0 saturated carbocycles. The van der Waals surface area contributed by atoms with Gasteiger partial charge in [0.15, 0.2) is 5.13 Å². The van der Waals surface area contributed by atoms with E-state index < -0.39 is 8.07 Å². The quantitative estimate of drug-likeness (QED) is 0.742. The van der Waals surface area contributed by atoms with Crippen LogP contribution in [0, 0.1) is 0 Å². The number of aromatic nitrogens is 2. The van der Waals surface area contributed by atoms with Gasteiger partial charge in [-0.25, -0.2) is 9.97 Å². The first kappa shape index (κ1) is 19.9. The molecule has 0 atom stereocenters. The van der Waals surface area contributed by atoms with E-state index in [0.29, 0.717) is 17.6 Å². The predicted octanol–water partition coefficient (Wildman–Crippen LogP) is 2.03. The van der Waals surface area contributed by atoms with Gasteiger partial charge in [0.2, 0.25) is 11.8 Å². The molecule has 2 aromatic rings. The fraction of sp³-hybridized carbons (Fsp3) is 0.500. The topological polar surface area (TPSA) is 74.5 Å². The SMILES string of the molecule is CN1CCN(CC(=O)Nc2ncc(C=Cc3ncc([Si](C)(C)C)o3)s2)CC1. The molecular weight excluding hydrogens is 378 g/mol. The summed E-state index contributed by atoms with van der Waals surface area (Å²) in [5.74, 6) is 0.582. The van der Waals surface area contributed by atoms with E-state index in [0.717, 1.165) is 36.4 Å². The van der Waals surface area contributed by atoms with Gasteiger partial charge in [0.05, 0.1) is 12.7 Å². The van der Waals surface area contributed by atoms with Crippen molar-refractivity contribution in [3.8, 4) is 0 Å². The van der Waals surface area contributed by atoms with Crippen molar-refractivity contribution in [1.82, 2.24) is 19.8 Å². The molecule has 9 heteroatoms. The van der Waals surface area contributed by atoms with Crippen molar-refractivity contribution in [2.45, 2.75) is 19.6 Å². The number of anilines is 1. The van der Waals surface area contributed by atoms with Gasteiger partial charge in [-0.1, -0.05) is 31.0 Å². The van der Waals surface area contributed by atoms with E-state index in [-0.39, 0.29) is 5.91 Å². The molecular formula is C18H27N5O2SSi. The first-order valence-electron chi connectivity index (χ1n) is 9.10. The summed E-state index contributed by atoms with van der Waals surface area (Å²) in [4.78, 5) is 26.2. The average Bonchev–Trinajstić information content (AvgIpc) is 3.24. The number of hydrogen-bond acceptors (Lipinski definition) is 7. The third kappa shape index (κ3) is 5.83. The Kier molecular flexibility index (Phi) is 6.25. The van der Waals surface area contributed by atoms with Crippen LogP contribution in [0.1, 0.15) is 10.8 Å². The molecule has 1 amide bonds. The Morgan fingerprint density at radius 1 is 1.22 bits per heavy atom. The smallest absolute Gasteiger partial charge is 0.240 e. The molecule has 1 fully saturated rings. The van der Waals surface area contributed by atoms with Crippen molar-refractivity contribution < 1.29 is 9.21 Å². The maximum atomic E-state index is 12.2. The van der Waals surface area contributed by atoms with Crippen LogP contribution in [0.2, 0.25) is 19.6 Å². The minimum Gasteiger partial charge on any atom is -0.447 e. The van der Waals surface area contributed by atoms with E-state index in [9.17, 15) is 4.79 Å². The lowest BCUT2D eigenvalue weighted by Gasteiger charge is -2.31. The lowest BCUT2D eigenvalue weighted by Crippen LogP contribution is -2.47. The van der Waals surface area contributed by atoms with Crippen LogP contribution in [0.15, 0.2) is 16.8 Å². The van der Waals surface area contributed by atoms with Crippen LogP contribution in [0.4, 0.5) is 5.13 Å². The molecule has 27 heavy (non-hydrogen) atoms. The Labute approximate surface area is 165 Å². The lowest BCUT2D eigenvalue weighted by atomic mass is 10.3. The number of thiazole rings is 1. The van der Waals surface area contributed by atoms with Crippen LogP contribution in [-0.2, 0) is 4.79 Å². The van der Waals surface area contributed by atoms with Gasteiger partial charge in [0, 0.05) is 43.3 Å². The number of amides is 1. The van der Waals surface area contributed by atoms with Gasteiger partial charge in [-0.05, 0) is 13.1 Å². The Bertz CT molecular complexity index is 803. The second kappa shape index (κ2) is 8.47. The van der Waals surface area contributed by atoms with E-state index in [2.05, 4.69) is 51.8 Å². The molecule has 3 rings (SSSR count). The molecule has 0 aliphatic carbocycles. The van der Waals surface area contributed by atoms with Crippen LogP contribution in [-0.4, -0.2) is 73.5 Å². The van der Waals surface area contributed by atoms with Gasteiger partial charge in [-0.15, -0.1) is 0 Å². The molecule has 1 aliphatic heterocycles. The third-order valence-electron chi connectivity index (χ3n) is 4.39. The van der Waals surface area contributed by atoms with Gasteiger partial charge in [0.1, 0.15) is 13.5 Å². The number of nitrogens with one attached hydrogen (secondary N) is 1. The molecule has 7 nitrogen and oxygen atoms in total. The second-order valence-electron chi connectivity index (χ2n) is 7.84. The third-order valence-corrected chi connectivity index (χ3v) is 6.97. The molecule has 1 N–H and O–H groups in total. The highest BCUT2D eigenvalue weighted by Gasteiger charge is 2.21. The fourth-order valence-electron chi connectivity index (χ4n) is 2.65. The highest BCUT2D eigenvalue weighted by atomic mass is 32.1. The molecule has 0 radical (unpaired) electrons. The summed E-state index contributed by atoms with van der Waals surface area (Å²) in [7, 11) is 0.619. The first-order chi connectivity index (χ1) is 12.8. The van der Waals surface area contributed by atoms with Crippen molar-refractivity contribution >= 4 is 48.0 Å². The van der Waals surface area contributed by atoms with E-state index in [4.69, 9.17) is 4.42 Å². The summed E-state index contributed by atoms with van der Waals surface area (Å²) >= 11 is 1.44. The van der Waals surface area contributed by atoms with Crippen LogP contribution in [0.3, 0.4) is 0 Å². The van der Waals surface area contributed by atoms with Crippen LogP contribution < -0.4 is 10.7 Å². The van der Waals surface area contributed by atoms with E-state index in [1.165, 1.54) is 11.3 Å². The Balaban J connectivity index is 1.52. The summed E-state index contributed by atoms with van der Waals surface area (Å²) in [6, 6.07) is 0. The maximum Gasteiger partial charge on any atom is 0.240 e. The van der Waals surface area contributed by atoms with Crippen molar-refractivity contribution in [3.05, 3.63) is 23.2 Å². The highest BCUT2D eigenvalue weighted by molar-refractivity contribution is 7.16. The number of carbonyl (C=O) groups is 1. The number of oxazole rings is 1. The summed E-state index contributed by atoms with van der Waals surface area (Å²) in [6.45, 7) is 10.9. The minimum atomic E-state index is -1.48. The van der Waals surface area contributed by atoms with Crippen molar-refractivity contribution in [2.75, 3.05) is 45.1 Å². The summed E-state index contributed by atoms with van der Waals surface area (Å²) in [5.41, 5.74) is 0. The minimum absolute atomic E-state index is 0.0167. The standard InChI is InChI=1S/C18H27N5O2SSi/c1-22-7-9-23(10-8-22)13-15(24)21-18-20-11-14(26-18)5-6-16-19-12-17(25-16)27(2,3)4/h5-6,11-12H,7-10,13H2,1-4H3,(H,20,21,24). The van der Waals surface area contributed by atoms with Crippen LogP contribution in [0.5, 0.6) is 0 Å². The average molecular weight is 406 g/mol. The maximum absolute atomic E-state index is 12.2. The summed E-state index contributed by atoms with van der Waals surface area (Å²) in [5, 5.41) is 4.49. The molecule has 1 aliphatic rings. The van der Waals surface area contributed by atoms with E-state index >= 15 is 0 Å². The summed E-state index contributed by atoms with van der Waals surface area (Å²) < 4.78 is 5.80. The van der Waals surface area contributed by atoms with Gasteiger partial charge in [0.25, 0.3) is 0 Å². The molecule has 146 valence electrons. The number of hydrogen-bond donors (Lipinski definition) is 1. The number of piperazine rings is 1. The van der Waals surface area contributed by atoms with Gasteiger partial charge in [-0.2, -0.15) is 0 Å². The van der Waals surface area contributed by atoms with Crippen LogP contribution in [0.25, 0.3) is 12.2 Å². The zero-order valence-electron chi connectivity index (χ0n) is 16.4. The zero-order valence-corrected chi connectivity index (χ0v) is 18.2. The Hall–Kier alpha value is -1.81. The molecule has 1 saturated heterocycles. The van der Waals surface area contributed by atoms with E-state index in [1.807, 2.05) is 18.3 Å². The lowest BCUT2D eigenvalue weighted by molar-refractivity contribution is -0.117. The van der Waals surface area contributed by atoms with E-state index in [1.54, 1.807) is 6.20 Å². The predicted molar refractivity (Wildman–Crippen MR) is 113 cm³/mol. The summed E-state index contributed by atoms with van der Waals surface area (Å²) in [6.07, 6.45) is 7.32. The normalized spacial score (nSPS) is 16.9. The number of nitrogens with zero attached hydrogens (tertiary/aromatic N) is 4. The first-order valence-corrected chi connectivity index (χ1v) is 13.4.